The molecule has 2 aliphatic carbocycles. The van der Waals surface area contributed by atoms with Gasteiger partial charge in [0.15, 0.2) is 37.6 Å². The third-order valence-corrected chi connectivity index (χ3v) is 24.0. The molecule has 0 bridgehead atoms. The lowest BCUT2D eigenvalue weighted by Crippen LogP contribution is -2.70. The van der Waals surface area contributed by atoms with Gasteiger partial charge in [0.25, 0.3) is 0 Å². The van der Waals surface area contributed by atoms with Gasteiger partial charge in [-0.1, -0.05) is 12.2 Å². The summed E-state index contributed by atoms with van der Waals surface area (Å²) < 4.78 is 205. The van der Waals surface area contributed by atoms with Crippen molar-refractivity contribution in [2.24, 2.45) is 0 Å². The maximum atomic E-state index is 14.1. The summed E-state index contributed by atoms with van der Waals surface area (Å²) in [5, 5.41) is 24.6. The van der Waals surface area contributed by atoms with Crippen molar-refractivity contribution in [2.75, 3.05) is 215 Å². The maximum Gasteiger partial charge on any atom is 0.232 e. The number of amides is 2. The highest BCUT2D eigenvalue weighted by Gasteiger charge is 2.60. The van der Waals surface area contributed by atoms with E-state index >= 15 is 0 Å². The van der Waals surface area contributed by atoms with E-state index in [1.54, 1.807) is 56.9 Å². The maximum absolute atomic E-state index is 14.1. The molecule has 8 aliphatic rings. The first-order chi connectivity index (χ1) is 57.1. The monoisotopic (exact) mass is 1720 g/mol. The van der Waals surface area contributed by atoms with E-state index < -0.39 is 245 Å². The second-order valence-electron chi connectivity index (χ2n) is 29.6. The molecule has 0 aromatic heterocycles. The van der Waals surface area contributed by atoms with Gasteiger partial charge in [-0.3, -0.25) is 9.59 Å². The van der Waals surface area contributed by atoms with E-state index in [1.807, 2.05) is 26.0 Å². The van der Waals surface area contributed by atoms with Crippen molar-refractivity contribution < 1.29 is 171 Å². The Morgan fingerprint density at radius 3 is 0.915 bits per heavy atom. The van der Waals surface area contributed by atoms with Crippen LogP contribution >= 0.6 is 11.8 Å². The van der Waals surface area contributed by atoms with E-state index in [4.69, 9.17) is 156 Å². The van der Waals surface area contributed by atoms with E-state index in [0.717, 1.165) is 22.9 Å². The first-order valence-corrected chi connectivity index (χ1v) is 40.5. The molecule has 0 radical (unpaired) electrons. The summed E-state index contributed by atoms with van der Waals surface area (Å²) in [4.78, 5) is 28.1. The van der Waals surface area contributed by atoms with Crippen LogP contribution in [-0.4, -0.2) is 464 Å². The Hall–Kier alpha value is -2.67. The van der Waals surface area contributed by atoms with Crippen LogP contribution in [0.25, 0.3) is 0 Å². The Balaban J connectivity index is 0.886. The Labute approximate surface area is 697 Å². The number of aliphatic hydroxyl groups is 1. The van der Waals surface area contributed by atoms with Crippen LogP contribution < -0.4 is 21.3 Å². The predicted molar refractivity (Wildman–Crippen MR) is 415 cm³/mol. The number of aliphatic hydroxyl groups excluding tert-OH is 1. The van der Waals surface area contributed by atoms with E-state index in [2.05, 4.69) is 21.3 Å². The van der Waals surface area contributed by atoms with Crippen molar-refractivity contribution in [3.63, 3.8) is 0 Å². The lowest BCUT2D eigenvalue weighted by molar-refractivity contribution is -0.375. The lowest BCUT2D eigenvalue weighted by Gasteiger charge is -2.51. The minimum absolute atomic E-state index is 0.00392. The summed E-state index contributed by atoms with van der Waals surface area (Å²) in [5.41, 5.74) is 1.61. The van der Waals surface area contributed by atoms with Gasteiger partial charge < -0.3 is 183 Å². The smallest absolute Gasteiger partial charge is 0.232 e. The fraction of sp³-hybridized carbons (Fsp3) is 0.922. The van der Waals surface area contributed by atoms with Crippen LogP contribution in [0.5, 0.6) is 0 Å². The van der Waals surface area contributed by atoms with Crippen LogP contribution in [-0.2, 0) is 166 Å². The molecule has 5 N–H and O–H groups in total. The number of hydrogen-bond acceptors (Lipinski definition) is 39. The second-order valence-corrected chi connectivity index (χ2v) is 30.6. The average molecular weight is 1730 g/mol. The Kier molecular flexibility index (Phi) is 42.7. The molecule has 6 fully saturated rings. The van der Waals surface area contributed by atoms with Crippen molar-refractivity contribution in [3.05, 3.63) is 23.3 Å². The fourth-order valence-corrected chi connectivity index (χ4v) is 18.4. The zero-order valence-corrected chi connectivity index (χ0v) is 73.7. The Morgan fingerprint density at radius 2 is 0.610 bits per heavy atom. The molecule has 118 heavy (non-hydrogen) atoms. The first kappa shape index (κ1) is 101. The first-order valence-electron chi connectivity index (χ1n) is 39.3. The number of rotatable bonds is 47. The molecule has 2 amide bonds. The lowest BCUT2D eigenvalue weighted by atomic mass is 9.86. The molecule has 0 aromatic carbocycles. The third-order valence-electron chi connectivity index (χ3n) is 23.1. The number of carbonyl (C=O) groups excluding carboxylic acids is 2. The highest BCUT2D eigenvalue weighted by Crippen LogP contribution is 2.41. The van der Waals surface area contributed by atoms with Gasteiger partial charge in [-0.25, -0.2) is 0 Å². The van der Waals surface area contributed by atoms with Gasteiger partial charge in [0.1, 0.15) is 159 Å². The van der Waals surface area contributed by atoms with E-state index in [0.29, 0.717) is 6.61 Å². The SMILES string of the molecule is COCC1=CC(NC2C(C)OC(OC3C(COC)OC(OC4C(COC)OC(NC(=O)CSCC(=O)NC5OC(COC)C(OC6OC(COC)C(OC7OC(C)C(NC8C=C(COC)C(OC)C(OC)C8OC)C(OC)C7OC)C(OC)C6OC)C(OC)C5OC)C(OC)C4OC)C(OC)C3OC)C(OC)C2OC)C(OC)C(O)C1OC. The molecule has 38 atom stereocenters. The van der Waals surface area contributed by atoms with E-state index in [1.165, 1.54) is 107 Å². The molecule has 8 rings (SSSR count). The van der Waals surface area contributed by atoms with Crippen LogP contribution in [0.4, 0.5) is 0 Å². The van der Waals surface area contributed by atoms with Gasteiger partial charge in [0.05, 0.1) is 87.5 Å². The summed E-state index contributed by atoms with van der Waals surface area (Å²) >= 11 is 1.02. The minimum atomic E-state index is -1.20. The normalized spacial score (nSPS) is 41.9. The number of ether oxygens (including phenoxy) is 33. The molecule has 6 heterocycles. The van der Waals surface area contributed by atoms with Crippen molar-refractivity contribution in [2.45, 2.75) is 247 Å². The van der Waals surface area contributed by atoms with Crippen LogP contribution in [0.1, 0.15) is 13.8 Å². The predicted octanol–water partition coefficient (Wildman–Crippen LogP) is -2.09. The van der Waals surface area contributed by atoms with Crippen molar-refractivity contribution in [1.29, 1.82) is 0 Å². The van der Waals surface area contributed by atoms with E-state index in [9.17, 15) is 14.7 Å². The topological polar surface area (TPSA) is 407 Å². The summed E-state index contributed by atoms with van der Waals surface area (Å²) in [6, 6.07) is -1.94. The van der Waals surface area contributed by atoms with Gasteiger partial charge in [0.2, 0.25) is 11.8 Å². The second kappa shape index (κ2) is 50.0. The number of thioether (sulfide) groups is 1. The highest BCUT2D eigenvalue weighted by molar-refractivity contribution is 8.00. The number of hydrogen-bond donors (Lipinski definition) is 5. The molecule has 6 saturated heterocycles. The summed E-state index contributed by atoms with van der Waals surface area (Å²) in [5.74, 6) is -1.43. The molecule has 38 unspecified atom stereocenters. The third kappa shape index (κ3) is 23.4. The molecule has 40 nitrogen and oxygen atoms in total. The molecule has 0 aromatic rings. The van der Waals surface area contributed by atoms with Gasteiger partial charge in [-0.15, -0.1) is 11.8 Å². The summed E-state index contributed by atoms with van der Waals surface area (Å²) in [6.45, 7) is 4.19. The summed E-state index contributed by atoms with van der Waals surface area (Å²) in [7, 11) is 35.2. The summed E-state index contributed by atoms with van der Waals surface area (Å²) in [6.07, 6.45) is -25.8. The highest BCUT2D eigenvalue weighted by atomic mass is 32.2. The zero-order valence-electron chi connectivity index (χ0n) is 72.9. The van der Waals surface area contributed by atoms with E-state index in [-0.39, 0.29) is 44.5 Å². The van der Waals surface area contributed by atoms with Gasteiger partial charge in [0, 0.05) is 164 Å². The standard InChI is InChI=1S/C77H136N4O36S/c1-36-48(78-40-26-38(28-85-3)51(91-9)50(84)53(40)93-11)59(95-13)68(104-22)74(108-36)114-57-44(32-89-7)112-76(70(106-24)64(57)100-18)116-55-42(30-87-5)110-72(66(102-20)62(55)98-16)80-46(82)34-118-35-47(83)81-73-67(103-21)63(99-17)56(43(111-73)31-88-6)117-77-71(107-25)65(101-19)58(45(113-77)33-90-8)115-75-69(105-23)60(96-14)49(37(2)109-75)79-41-27-39(29-86-4)52(92-10)61(97-15)54(41)94-12/h26-27,36-37,40-45,48-79,84H,28-35H2,1-25H3,(H,80,82)(H,81,83). The Bertz CT molecular complexity index is 2950. The van der Waals surface area contributed by atoms with Crippen molar-refractivity contribution >= 4 is 23.6 Å². The molecule has 6 aliphatic heterocycles. The zero-order chi connectivity index (χ0) is 86.2. The molecule has 686 valence electrons. The van der Waals surface area contributed by atoms with Gasteiger partial charge in [-0.05, 0) is 25.0 Å². The fourth-order valence-electron chi connectivity index (χ4n) is 17.7. The minimum Gasteiger partial charge on any atom is -0.387 e. The largest absolute Gasteiger partial charge is 0.387 e. The van der Waals surface area contributed by atoms with Crippen molar-refractivity contribution in [3.8, 4) is 0 Å². The van der Waals surface area contributed by atoms with Crippen LogP contribution in [0.2, 0.25) is 0 Å². The Morgan fingerprint density at radius 1 is 0.322 bits per heavy atom. The van der Waals surface area contributed by atoms with Crippen LogP contribution in [0.3, 0.4) is 0 Å². The molecular weight excluding hydrogens is 1590 g/mol. The number of nitrogens with one attached hydrogen (secondary N) is 4. The van der Waals surface area contributed by atoms with Crippen molar-refractivity contribution in [1.82, 2.24) is 21.3 Å². The average Bonchev–Trinajstić information content (AvgIpc) is 0.768. The molecule has 0 saturated carbocycles. The number of methoxy groups -OCH3 is 23. The molecule has 0 spiro atoms. The molecular formula is C77H136N4O36S. The number of carbonyl (C=O) groups is 2. The van der Waals surface area contributed by atoms with Crippen LogP contribution in [0, 0.1) is 0 Å². The van der Waals surface area contributed by atoms with Gasteiger partial charge in [-0.2, -0.15) is 0 Å². The van der Waals surface area contributed by atoms with Crippen LogP contribution in [0.15, 0.2) is 23.3 Å². The molecule has 41 heteroatoms. The van der Waals surface area contributed by atoms with Gasteiger partial charge >= 0.3 is 0 Å². The quantitative estimate of drug-likeness (QED) is 0.0408.